The van der Waals surface area contributed by atoms with Crippen LogP contribution in [-0.4, -0.2) is 34.2 Å². The standard InChI is InChI=1S/C44H48N2Si3/c1-47(2,3)39-31-19-29-37(45-39)43-41(33-21-11-7-12-22-33)42(34-23-13-8-14-24-34)44(38-30-20-32-40(46-38)48(4,5)6)49(43,35-25-15-9-16-26-35)36-27-17-10-18-28-36/h7-32,41-44H,1-6H3. The molecule has 1 aliphatic heterocycles. The molecule has 0 amide bonds. The lowest BCUT2D eigenvalue weighted by atomic mass is 9.76. The monoisotopic (exact) mass is 688 g/mol. The van der Waals surface area contributed by atoms with Crippen molar-refractivity contribution in [1.29, 1.82) is 0 Å². The van der Waals surface area contributed by atoms with Gasteiger partial charge in [-0.05, 0) is 47.2 Å². The van der Waals surface area contributed by atoms with Crippen LogP contribution in [0.3, 0.4) is 0 Å². The predicted molar refractivity (Wildman–Crippen MR) is 216 cm³/mol. The van der Waals surface area contributed by atoms with Crippen LogP contribution in [0.1, 0.15) is 45.4 Å². The Bertz CT molecular complexity index is 1850. The van der Waals surface area contributed by atoms with Gasteiger partial charge in [0.2, 0.25) is 0 Å². The molecule has 7 rings (SSSR count). The first-order valence-electron chi connectivity index (χ1n) is 17.8. The summed E-state index contributed by atoms with van der Waals surface area (Å²) in [5.41, 5.74) is 5.55. The summed E-state index contributed by atoms with van der Waals surface area (Å²) in [5.74, 6) is 0.366. The average molecular weight is 689 g/mol. The maximum atomic E-state index is 5.74. The molecule has 4 unspecified atom stereocenters. The van der Waals surface area contributed by atoms with Crippen LogP contribution in [0.2, 0.25) is 39.3 Å². The maximum absolute atomic E-state index is 5.74. The molecule has 0 N–H and O–H groups in total. The molecule has 0 radical (unpaired) electrons. The van der Waals surface area contributed by atoms with E-state index in [0.29, 0.717) is 0 Å². The maximum Gasteiger partial charge on any atom is 0.136 e. The minimum Gasteiger partial charge on any atom is -0.263 e. The van der Waals surface area contributed by atoms with Gasteiger partial charge in [0.25, 0.3) is 0 Å². The summed E-state index contributed by atoms with van der Waals surface area (Å²) in [5, 5.41) is 5.46. The first kappa shape index (κ1) is 33.3. The predicted octanol–water partition coefficient (Wildman–Crippen LogP) is 8.36. The Morgan fingerprint density at radius 2 is 0.714 bits per heavy atom. The largest absolute Gasteiger partial charge is 0.263 e. The topological polar surface area (TPSA) is 25.8 Å². The SMILES string of the molecule is C[Si](C)(C)c1cccc(C2C(c3ccccc3)C(c3ccccc3)C(c3cccc([Si](C)(C)C)n3)[Si]2(c2ccccc2)c2ccccc2)n1. The summed E-state index contributed by atoms with van der Waals surface area (Å²) >= 11 is 0. The molecule has 2 nitrogen and oxygen atoms in total. The minimum absolute atomic E-state index is 0.156. The van der Waals surface area contributed by atoms with Crippen LogP contribution in [0.5, 0.6) is 0 Å². The molecule has 6 aromatic rings. The van der Waals surface area contributed by atoms with Crippen LogP contribution in [0.15, 0.2) is 158 Å². The van der Waals surface area contributed by atoms with Gasteiger partial charge < -0.3 is 0 Å². The molecule has 4 atom stereocenters. The third kappa shape index (κ3) is 6.13. The molecule has 3 heterocycles. The Morgan fingerprint density at radius 3 is 1.04 bits per heavy atom. The van der Waals surface area contributed by atoms with E-state index in [1.165, 1.54) is 43.5 Å². The van der Waals surface area contributed by atoms with Crippen molar-refractivity contribution in [3.05, 3.63) is 180 Å². The highest BCUT2D eigenvalue weighted by Gasteiger charge is 2.65. The molecule has 4 aromatic carbocycles. The number of pyridine rings is 2. The molecule has 246 valence electrons. The van der Waals surface area contributed by atoms with Crippen LogP contribution in [0.25, 0.3) is 0 Å². The van der Waals surface area contributed by atoms with E-state index in [1.807, 2.05) is 0 Å². The lowest BCUT2D eigenvalue weighted by molar-refractivity contribution is 0.544. The van der Waals surface area contributed by atoms with Crippen LogP contribution in [-0.2, 0) is 0 Å². The molecule has 0 spiro atoms. The zero-order valence-corrected chi connectivity index (χ0v) is 32.7. The molecule has 2 aromatic heterocycles. The normalized spacial score (nSPS) is 20.6. The van der Waals surface area contributed by atoms with Crippen molar-refractivity contribution in [2.45, 2.75) is 62.2 Å². The van der Waals surface area contributed by atoms with Gasteiger partial charge >= 0.3 is 0 Å². The number of hydrogen-bond donors (Lipinski definition) is 0. The quantitative estimate of drug-likeness (QED) is 0.150. The lowest BCUT2D eigenvalue weighted by Gasteiger charge is -2.41. The van der Waals surface area contributed by atoms with Gasteiger partial charge in [-0.15, -0.1) is 0 Å². The summed E-state index contributed by atoms with van der Waals surface area (Å²) in [6.07, 6.45) is 0. The Hall–Kier alpha value is -4.17. The van der Waals surface area contributed by atoms with Crippen molar-refractivity contribution in [3.8, 4) is 0 Å². The van der Waals surface area contributed by atoms with Crippen LogP contribution in [0.4, 0.5) is 0 Å². The highest BCUT2D eigenvalue weighted by Crippen LogP contribution is 2.63. The van der Waals surface area contributed by atoms with Gasteiger partial charge in [0, 0.05) is 33.1 Å². The zero-order chi connectivity index (χ0) is 34.2. The van der Waals surface area contributed by atoms with Gasteiger partial charge in [-0.25, -0.2) is 0 Å². The number of nitrogens with zero attached hydrogens (tertiary/aromatic N) is 2. The molecule has 1 fully saturated rings. The van der Waals surface area contributed by atoms with E-state index in [0.717, 1.165) is 0 Å². The van der Waals surface area contributed by atoms with Gasteiger partial charge in [-0.3, -0.25) is 9.97 Å². The van der Waals surface area contributed by atoms with Crippen molar-refractivity contribution < 1.29 is 0 Å². The van der Waals surface area contributed by atoms with E-state index in [1.54, 1.807) is 0 Å². The van der Waals surface area contributed by atoms with E-state index < -0.39 is 24.2 Å². The third-order valence-corrected chi connectivity index (χ3v) is 20.2. The number of benzene rings is 4. The molecule has 1 aliphatic rings. The zero-order valence-electron chi connectivity index (χ0n) is 29.7. The molecule has 5 heteroatoms. The lowest BCUT2D eigenvalue weighted by Crippen LogP contribution is -2.65. The van der Waals surface area contributed by atoms with Crippen molar-refractivity contribution in [2.24, 2.45) is 0 Å². The Labute approximate surface area is 296 Å². The Balaban J connectivity index is 1.69. The molecular weight excluding hydrogens is 641 g/mol. The Kier molecular flexibility index (Phi) is 9.03. The summed E-state index contributed by atoms with van der Waals surface area (Å²) in [4.78, 5) is 11.5. The molecule has 0 aliphatic carbocycles. The summed E-state index contributed by atoms with van der Waals surface area (Å²) in [6.45, 7) is 14.5. The first-order chi connectivity index (χ1) is 23.6. The summed E-state index contributed by atoms with van der Waals surface area (Å²) < 4.78 is 0. The molecule has 1 saturated heterocycles. The van der Waals surface area contributed by atoms with Crippen LogP contribution in [0, 0.1) is 0 Å². The van der Waals surface area contributed by atoms with Crippen LogP contribution >= 0.6 is 0 Å². The van der Waals surface area contributed by atoms with Crippen LogP contribution < -0.4 is 21.0 Å². The van der Waals surface area contributed by atoms with Gasteiger partial charge in [-0.2, -0.15) is 0 Å². The number of rotatable bonds is 8. The van der Waals surface area contributed by atoms with E-state index in [-0.39, 0.29) is 22.9 Å². The van der Waals surface area contributed by atoms with E-state index in [2.05, 4.69) is 197 Å². The highest BCUT2D eigenvalue weighted by molar-refractivity contribution is 7.05. The minimum atomic E-state index is -2.87. The molecular formula is C44H48N2Si3. The number of aromatic nitrogens is 2. The fourth-order valence-corrected chi connectivity index (χ4v) is 17.5. The van der Waals surface area contributed by atoms with Crippen molar-refractivity contribution in [2.75, 3.05) is 0 Å². The van der Waals surface area contributed by atoms with Crippen molar-refractivity contribution in [1.82, 2.24) is 9.97 Å². The van der Waals surface area contributed by atoms with E-state index in [9.17, 15) is 0 Å². The van der Waals surface area contributed by atoms with E-state index >= 15 is 0 Å². The fourth-order valence-electron chi connectivity index (χ4n) is 8.56. The molecule has 0 bridgehead atoms. The second-order valence-corrected chi connectivity index (χ2v) is 30.0. The summed E-state index contributed by atoms with van der Waals surface area (Å²) in [6, 6.07) is 59.7. The second kappa shape index (κ2) is 13.3. The van der Waals surface area contributed by atoms with Crippen molar-refractivity contribution in [3.63, 3.8) is 0 Å². The van der Waals surface area contributed by atoms with E-state index in [4.69, 9.17) is 9.97 Å². The smallest absolute Gasteiger partial charge is 0.136 e. The molecule has 49 heavy (non-hydrogen) atoms. The summed E-state index contributed by atoms with van der Waals surface area (Å²) in [7, 11) is -6.31. The second-order valence-electron chi connectivity index (χ2n) is 15.8. The Morgan fingerprint density at radius 1 is 0.388 bits per heavy atom. The highest BCUT2D eigenvalue weighted by atomic mass is 28.3. The third-order valence-electron chi connectivity index (χ3n) is 10.7. The number of hydrogen-bond acceptors (Lipinski definition) is 2. The van der Waals surface area contributed by atoms with Gasteiger partial charge in [0.1, 0.15) is 24.2 Å². The fraction of sp³-hybridized carbons (Fsp3) is 0.227. The van der Waals surface area contributed by atoms with Gasteiger partial charge in [0.15, 0.2) is 0 Å². The van der Waals surface area contributed by atoms with Gasteiger partial charge in [0.05, 0.1) is 0 Å². The average Bonchev–Trinajstić information content (AvgIpc) is 3.45. The molecule has 0 saturated carbocycles. The first-order valence-corrected chi connectivity index (χ1v) is 26.9. The van der Waals surface area contributed by atoms with Crippen molar-refractivity contribution >= 4 is 45.2 Å². The van der Waals surface area contributed by atoms with Gasteiger partial charge in [-0.1, -0.05) is 183 Å².